The van der Waals surface area contributed by atoms with Crippen LogP contribution in [0.3, 0.4) is 0 Å². The van der Waals surface area contributed by atoms with Crippen LogP contribution in [0.4, 0.5) is 5.69 Å². The zero-order valence-corrected chi connectivity index (χ0v) is 17.4. The van der Waals surface area contributed by atoms with Crippen molar-refractivity contribution >= 4 is 34.0 Å². The van der Waals surface area contributed by atoms with Gasteiger partial charge in [0, 0.05) is 11.8 Å². The van der Waals surface area contributed by atoms with Crippen LogP contribution in [0.5, 0.6) is 17.2 Å². The van der Waals surface area contributed by atoms with Crippen molar-refractivity contribution in [1.82, 2.24) is 5.43 Å². The molecule has 0 aromatic heterocycles. The van der Waals surface area contributed by atoms with Gasteiger partial charge in [-0.2, -0.15) is 5.10 Å². The Balaban J connectivity index is 1.64. The molecule has 8 nitrogen and oxygen atoms in total. The second-order valence-corrected chi connectivity index (χ2v) is 6.80. The summed E-state index contributed by atoms with van der Waals surface area (Å²) in [5, 5.41) is 18.5. The van der Waals surface area contributed by atoms with E-state index in [1.807, 2.05) is 24.3 Å². The van der Waals surface area contributed by atoms with Crippen molar-refractivity contribution in [1.29, 1.82) is 0 Å². The summed E-state index contributed by atoms with van der Waals surface area (Å²) in [6.07, 6.45) is -0.0425. The van der Waals surface area contributed by atoms with Crippen molar-refractivity contribution in [3.8, 4) is 17.2 Å². The normalized spacial score (nSPS) is 11.1. The van der Waals surface area contributed by atoms with Gasteiger partial charge in [-0.1, -0.05) is 24.3 Å². The number of nitrogens with one attached hydrogen (secondary N) is 2. The third-order valence-corrected chi connectivity index (χ3v) is 4.56. The molecule has 0 saturated carbocycles. The molecule has 0 spiro atoms. The van der Waals surface area contributed by atoms with Gasteiger partial charge in [-0.15, -0.1) is 0 Å². The van der Waals surface area contributed by atoms with Gasteiger partial charge in [0.15, 0.2) is 0 Å². The molecule has 3 aromatic carbocycles. The van der Waals surface area contributed by atoms with E-state index >= 15 is 0 Å². The Morgan fingerprint density at radius 3 is 2.39 bits per heavy atom. The SMILES string of the molecule is COc1ccc(NC(=O)CC(C)=NNC(=O)c2cc3ccccc3cc2O)c(OC)c1. The minimum Gasteiger partial charge on any atom is -0.507 e. The summed E-state index contributed by atoms with van der Waals surface area (Å²) >= 11 is 0. The molecule has 160 valence electrons. The van der Waals surface area contributed by atoms with Gasteiger partial charge in [-0.25, -0.2) is 5.43 Å². The number of rotatable bonds is 7. The molecule has 0 bridgehead atoms. The lowest BCUT2D eigenvalue weighted by atomic mass is 10.1. The van der Waals surface area contributed by atoms with Crippen molar-refractivity contribution in [2.24, 2.45) is 5.10 Å². The number of phenolic OH excluding ortho intramolecular Hbond substituents is 1. The molecule has 31 heavy (non-hydrogen) atoms. The highest BCUT2D eigenvalue weighted by atomic mass is 16.5. The number of hydrogen-bond acceptors (Lipinski definition) is 6. The van der Waals surface area contributed by atoms with Crippen molar-refractivity contribution in [2.75, 3.05) is 19.5 Å². The molecular weight excluding hydrogens is 398 g/mol. The largest absolute Gasteiger partial charge is 0.507 e. The highest BCUT2D eigenvalue weighted by molar-refractivity contribution is 6.07. The predicted molar refractivity (Wildman–Crippen MR) is 119 cm³/mol. The molecule has 0 atom stereocenters. The Kier molecular flexibility index (Phi) is 6.71. The number of benzene rings is 3. The maximum Gasteiger partial charge on any atom is 0.275 e. The second-order valence-electron chi connectivity index (χ2n) is 6.80. The molecule has 3 rings (SSSR count). The van der Waals surface area contributed by atoms with Gasteiger partial charge in [0.1, 0.15) is 17.2 Å². The zero-order chi connectivity index (χ0) is 22.4. The summed E-state index contributed by atoms with van der Waals surface area (Å²) in [5.41, 5.74) is 3.36. The van der Waals surface area contributed by atoms with Gasteiger partial charge in [-0.3, -0.25) is 9.59 Å². The molecule has 3 N–H and O–H groups in total. The van der Waals surface area contributed by atoms with Crippen LogP contribution in [0.25, 0.3) is 10.8 Å². The van der Waals surface area contributed by atoms with Gasteiger partial charge in [0.05, 0.1) is 31.9 Å². The number of ether oxygens (including phenoxy) is 2. The van der Waals surface area contributed by atoms with Gasteiger partial charge < -0.3 is 19.9 Å². The number of fused-ring (bicyclic) bond motifs is 1. The Bertz CT molecular complexity index is 1160. The zero-order valence-electron chi connectivity index (χ0n) is 17.4. The van der Waals surface area contributed by atoms with Crippen LogP contribution in [0.15, 0.2) is 59.7 Å². The maximum atomic E-state index is 12.4. The van der Waals surface area contributed by atoms with E-state index in [9.17, 15) is 14.7 Å². The smallest absolute Gasteiger partial charge is 0.275 e. The molecule has 0 aliphatic heterocycles. The lowest BCUT2D eigenvalue weighted by Gasteiger charge is -2.11. The van der Waals surface area contributed by atoms with Crippen LogP contribution in [-0.2, 0) is 4.79 Å². The van der Waals surface area contributed by atoms with Crippen molar-refractivity contribution in [3.05, 3.63) is 60.2 Å². The molecular formula is C23H23N3O5. The first-order chi connectivity index (χ1) is 14.9. The summed E-state index contributed by atoms with van der Waals surface area (Å²) in [5.74, 6) is 0.0235. The van der Waals surface area contributed by atoms with E-state index in [2.05, 4.69) is 15.8 Å². The van der Waals surface area contributed by atoms with Crippen molar-refractivity contribution in [2.45, 2.75) is 13.3 Å². The first kappa shape index (κ1) is 21.6. The topological polar surface area (TPSA) is 109 Å². The Labute approximate surface area is 179 Å². The van der Waals surface area contributed by atoms with Crippen LogP contribution in [-0.4, -0.2) is 36.9 Å². The summed E-state index contributed by atoms with van der Waals surface area (Å²) in [4.78, 5) is 24.8. The molecule has 3 aromatic rings. The van der Waals surface area contributed by atoms with Crippen molar-refractivity contribution in [3.63, 3.8) is 0 Å². The summed E-state index contributed by atoms with van der Waals surface area (Å²) in [7, 11) is 3.04. The van der Waals surface area contributed by atoms with E-state index in [0.29, 0.717) is 22.9 Å². The number of amides is 2. The minimum atomic E-state index is -0.570. The monoisotopic (exact) mass is 421 g/mol. The standard InChI is InChI=1S/C23H23N3O5/c1-14(10-22(28)24-19-9-8-17(30-2)13-21(19)31-3)25-26-23(29)18-11-15-6-4-5-7-16(15)12-20(18)27/h4-9,11-13,27H,10H2,1-3H3,(H,24,28)(H,26,29). The number of methoxy groups -OCH3 is 2. The third kappa shape index (κ3) is 5.30. The molecule has 0 saturated heterocycles. The van der Waals surface area contributed by atoms with Crippen LogP contribution < -0.4 is 20.2 Å². The Morgan fingerprint density at radius 1 is 1.00 bits per heavy atom. The van der Waals surface area contributed by atoms with E-state index in [1.165, 1.54) is 13.2 Å². The van der Waals surface area contributed by atoms with Crippen LogP contribution >= 0.6 is 0 Å². The van der Waals surface area contributed by atoms with Gasteiger partial charge in [0.2, 0.25) is 5.91 Å². The molecule has 0 radical (unpaired) electrons. The number of nitrogens with zero attached hydrogens (tertiary/aromatic N) is 1. The highest BCUT2D eigenvalue weighted by Crippen LogP contribution is 2.29. The molecule has 2 amide bonds. The molecule has 0 fully saturated rings. The fourth-order valence-corrected chi connectivity index (χ4v) is 2.98. The molecule has 0 aliphatic rings. The van der Waals surface area contributed by atoms with E-state index in [0.717, 1.165) is 10.8 Å². The van der Waals surface area contributed by atoms with Gasteiger partial charge in [0.25, 0.3) is 5.91 Å². The quantitative estimate of drug-likeness (QED) is 0.398. The molecule has 0 aliphatic carbocycles. The number of hydrogen-bond donors (Lipinski definition) is 3. The first-order valence-electron chi connectivity index (χ1n) is 9.48. The lowest BCUT2D eigenvalue weighted by Crippen LogP contribution is -2.21. The van der Waals surface area contributed by atoms with E-state index in [-0.39, 0.29) is 23.6 Å². The predicted octanol–water partition coefficient (Wildman–Crippen LogP) is 3.70. The van der Waals surface area contributed by atoms with E-state index in [4.69, 9.17) is 9.47 Å². The fourth-order valence-electron chi connectivity index (χ4n) is 2.98. The van der Waals surface area contributed by atoms with Gasteiger partial charge >= 0.3 is 0 Å². The average Bonchev–Trinajstić information content (AvgIpc) is 2.77. The molecule has 0 heterocycles. The van der Waals surface area contributed by atoms with Crippen LogP contribution in [0.1, 0.15) is 23.7 Å². The molecule has 0 unspecified atom stereocenters. The number of phenols is 1. The second kappa shape index (κ2) is 9.62. The van der Waals surface area contributed by atoms with Crippen LogP contribution in [0.2, 0.25) is 0 Å². The van der Waals surface area contributed by atoms with E-state index < -0.39 is 5.91 Å². The van der Waals surface area contributed by atoms with Crippen LogP contribution in [0, 0.1) is 0 Å². The Morgan fingerprint density at radius 2 is 1.71 bits per heavy atom. The third-order valence-electron chi connectivity index (χ3n) is 4.56. The number of carbonyl (C=O) groups is 2. The minimum absolute atomic E-state index is 0.0425. The maximum absolute atomic E-state index is 12.4. The lowest BCUT2D eigenvalue weighted by molar-refractivity contribution is -0.115. The van der Waals surface area contributed by atoms with Crippen molar-refractivity contribution < 1.29 is 24.2 Å². The summed E-state index contributed by atoms with van der Waals surface area (Å²) in [6.45, 7) is 1.62. The first-order valence-corrected chi connectivity index (χ1v) is 9.48. The fraction of sp³-hybridized carbons (Fsp3) is 0.174. The number of carbonyl (C=O) groups excluding carboxylic acids is 2. The Hall–Kier alpha value is -4.07. The highest BCUT2D eigenvalue weighted by Gasteiger charge is 2.13. The summed E-state index contributed by atoms with van der Waals surface area (Å²) < 4.78 is 10.4. The van der Waals surface area contributed by atoms with Gasteiger partial charge in [-0.05, 0) is 42.0 Å². The van der Waals surface area contributed by atoms with E-state index in [1.54, 1.807) is 38.3 Å². The number of hydrazone groups is 1. The summed E-state index contributed by atoms with van der Waals surface area (Å²) in [6, 6.07) is 15.5. The average molecular weight is 421 g/mol. The number of anilines is 1. The number of aromatic hydroxyl groups is 1. The molecule has 8 heteroatoms.